The molecule has 5 N–H and O–H groups in total. The summed E-state index contributed by atoms with van der Waals surface area (Å²) in [6.45, 7) is 2.14. The zero-order valence-electron chi connectivity index (χ0n) is 22.4. The van der Waals surface area contributed by atoms with Gasteiger partial charge in [-0.2, -0.15) is 13.2 Å². The highest BCUT2D eigenvalue weighted by Crippen LogP contribution is 2.38. The van der Waals surface area contributed by atoms with E-state index in [1.54, 1.807) is 0 Å². The van der Waals surface area contributed by atoms with E-state index < -0.39 is 46.7 Å². The molecule has 2 aliphatic carbocycles. The number of aromatic amines is 1. The van der Waals surface area contributed by atoms with E-state index in [1.807, 2.05) is 0 Å². The summed E-state index contributed by atoms with van der Waals surface area (Å²) in [5, 5.41) is 24.8. The first-order valence-corrected chi connectivity index (χ1v) is 13.8. The number of fused-ring (bicyclic) bond motifs is 3. The predicted octanol–water partition coefficient (Wildman–Crippen LogP) is 4.52. The molecule has 2 aliphatic rings. The Hall–Kier alpha value is -3.96. The van der Waals surface area contributed by atoms with Crippen LogP contribution >= 0.6 is 0 Å². The number of benzene rings is 2. The average Bonchev–Trinajstić information content (AvgIpc) is 3.12. The van der Waals surface area contributed by atoms with Crippen molar-refractivity contribution in [3.8, 4) is 0 Å². The molecule has 2 aromatic carbocycles. The number of carbonyl (C=O) groups is 2. The van der Waals surface area contributed by atoms with E-state index in [2.05, 4.69) is 22.5 Å². The number of rotatable bonds is 5. The zero-order chi connectivity index (χ0) is 29.6. The van der Waals surface area contributed by atoms with Crippen molar-refractivity contribution < 1.29 is 27.9 Å². The first kappa shape index (κ1) is 28.6. The van der Waals surface area contributed by atoms with Gasteiger partial charge in [0.05, 0.1) is 11.5 Å². The van der Waals surface area contributed by atoms with Gasteiger partial charge in [0, 0.05) is 44.8 Å². The summed E-state index contributed by atoms with van der Waals surface area (Å²) in [5.74, 6) is -3.34. The number of amides is 1. The fourth-order valence-corrected chi connectivity index (χ4v) is 6.30. The number of alkyl halides is 3. The Labute approximate surface area is 232 Å². The molecule has 2 saturated carbocycles. The number of H-pyrrole nitrogens is 1. The van der Waals surface area contributed by atoms with E-state index >= 15 is 0 Å². The molecule has 41 heavy (non-hydrogen) atoms. The highest BCUT2D eigenvalue weighted by Gasteiger charge is 2.41. The van der Waals surface area contributed by atoms with Gasteiger partial charge in [-0.15, -0.1) is 0 Å². The third-order valence-electron chi connectivity index (χ3n) is 8.61. The summed E-state index contributed by atoms with van der Waals surface area (Å²) in [6, 6.07) is 3.16. The maximum atomic E-state index is 13.6. The number of hydrogen-bond donors (Lipinski definition) is 5. The minimum Gasteiger partial charge on any atom is -0.478 e. The standard InChI is InChI=1S/C29H31F3N4O5/c1-13-2-6-15(7-3-13)34-24(33)23-20(28(40)41)12-19(21-17-10-11-18(22(21)23)26(38)36-25(17)37)27(39)35-16-8-4-14(5-9-16)29(30,31)32/h10-16H,2-9H2,1H3,(H2,33,34)(H,35,39)(H,40,41)(H,36,37,38)/t13-,14-,15+,16-. The van der Waals surface area contributed by atoms with Gasteiger partial charge in [0.2, 0.25) is 0 Å². The van der Waals surface area contributed by atoms with Gasteiger partial charge in [-0.05, 0) is 75.5 Å². The molecule has 0 radical (unpaired) electrons. The van der Waals surface area contributed by atoms with Crippen molar-refractivity contribution in [2.45, 2.75) is 76.6 Å². The van der Waals surface area contributed by atoms with Crippen LogP contribution in [0.15, 0.2) is 27.8 Å². The van der Waals surface area contributed by atoms with Crippen LogP contribution in [0.1, 0.15) is 84.6 Å². The largest absolute Gasteiger partial charge is 0.478 e. The summed E-state index contributed by atoms with van der Waals surface area (Å²) in [6.07, 6.45) is -1.01. The fraction of sp³-hybridized carbons (Fsp3) is 0.483. The second-order valence-corrected chi connectivity index (χ2v) is 11.4. The van der Waals surface area contributed by atoms with Crippen LogP contribution in [0.2, 0.25) is 0 Å². The number of hydrogen-bond acceptors (Lipinski definition) is 5. The summed E-state index contributed by atoms with van der Waals surface area (Å²) >= 11 is 0. The lowest BCUT2D eigenvalue weighted by atomic mass is 9.85. The van der Waals surface area contributed by atoms with Gasteiger partial charge in [-0.1, -0.05) is 6.92 Å². The zero-order valence-corrected chi connectivity index (χ0v) is 22.4. The minimum absolute atomic E-state index is 0.00152. The highest BCUT2D eigenvalue weighted by atomic mass is 19.4. The van der Waals surface area contributed by atoms with Gasteiger partial charge < -0.3 is 15.7 Å². The molecule has 12 heteroatoms. The number of carboxylic acid groups (broad SMARTS) is 1. The molecular formula is C29H31F3N4O5. The molecule has 0 atom stereocenters. The van der Waals surface area contributed by atoms with E-state index in [-0.39, 0.29) is 70.2 Å². The Balaban J connectivity index is 1.62. The Kier molecular flexibility index (Phi) is 7.52. The van der Waals surface area contributed by atoms with Crippen LogP contribution in [0, 0.1) is 17.2 Å². The number of halogens is 3. The van der Waals surface area contributed by atoms with Gasteiger partial charge in [0.1, 0.15) is 5.84 Å². The summed E-state index contributed by atoms with van der Waals surface area (Å²) in [5.41, 5.74) is -2.27. The number of amidine groups is 1. The minimum atomic E-state index is -4.31. The van der Waals surface area contributed by atoms with Crippen molar-refractivity contribution in [3.63, 3.8) is 0 Å². The Bertz CT molecular complexity index is 1630. The molecular weight excluding hydrogens is 541 g/mol. The summed E-state index contributed by atoms with van der Waals surface area (Å²) < 4.78 is 39.4. The number of aromatic nitrogens is 1. The van der Waals surface area contributed by atoms with Crippen LogP contribution < -0.4 is 21.8 Å². The van der Waals surface area contributed by atoms with Crippen molar-refractivity contribution in [1.29, 1.82) is 5.41 Å². The fourth-order valence-electron chi connectivity index (χ4n) is 6.30. The maximum absolute atomic E-state index is 13.6. The first-order valence-electron chi connectivity index (χ1n) is 13.8. The molecule has 0 spiro atoms. The third kappa shape index (κ3) is 5.51. The number of carbonyl (C=O) groups excluding carboxylic acids is 1. The van der Waals surface area contributed by atoms with E-state index in [0.717, 1.165) is 31.7 Å². The molecule has 218 valence electrons. The van der Waals surface area contributed by atoms with Crippen molar-refractivity contribution in [2.75, 3.05) is 0 Å². The molecule has 6 rings (SSSR count). The van der Waals surface area contributed by atoms with E-state index in [4.69, 9.17) is 5.41 Å². The number of carboxylic acids is 1. The Morgan fingerprint density at radius 2 is 1.41 bits per heavy atom. The normalized spacial score (nSPS) is 23.4. The number of nitrogens with one attached hydrogen (secondary N) is 4. The number of aromatic carboxylic acids is 1. The first-order chi connectivity index (χ1) is 19.3. The SMILES string of the molecule is C[C@H]1CC[C@@H](NC(=N)c2c(C(=O)O)cc(C(=O)N[C@H]3CC[C@H](C(F)(F)F)CC3)c3c4ccc(c(=O)[nH]c4=O)c23)CC1. The lowest BCUT2D eigenvalue weighted by molar-refractivity contribution is -0.182. The Morgan fingerprint density at radius 1 is 0.878 bits per heavy atom. The maximum Gasteiger partial charge on any atom is 0.391 e. The molecule has 2 heterocycles. The van der Waals surface area contributed by atoms with Crippen molar-refractivity contribution in [3.05, 3.63) is 55.6 Å². The predicted molar refractivity (Wildman–Crippen MR) is 147 cm³/mol. The quantitative estimate of drug-likeness (QED) is 0.224. The second kappa shape index (κ2) is 10.8. The summed E-state index contributed by atoms with van der Waals surface area (Å²) in [7, 11) is 0. The molecule has 2 aromatic heterocycles. The van der Waals surface area contributed by atoms with E-state index in [1.165, 1.54) is 12.1 Å². The van der Waals surface area contributed by atoms with Gasteiger partial charge >= 0.3 is 12.1 Å². The molecule has 1 amide bonds. The third-order valence-corrected chi connectivity index (χ3v) is 8.61. The molecule has 0 aliphatic heterocycles. The molecule has 2 bridgehead atoms. The molecule has 0 unspecified atom stereocenters. The molecule has 0 saturated heterocycles. The van der Waals surface area contributed by atoms with Gasteiger partial charge in [0.15, 0.2) is 0 Å². The van der Waals surface area contributed by atoms with Crippen molar-refractivity contribution in [1.82, 2.24) is 15.6 Å². The van der Waals surface area contributed by atoms with Gasteiger partial charge in [0.25, 0.3) is 17.0 Å². The monoisotopic (exact) mass is 572 g/mol. The highest BCUT2D eigenvalue weighted by molar-refractivity contribution is 6.27. The van der Waals surface area contributed by atoms with Crippen LogP contribution in [0.3, 0.4) is 0 Å². The average molecular weight is 573 g/mol. The van der Waals surface area contributed by atoms with Crippen molar-refractivity contribution >= 4 is 39.3 Å². The topological polar surface area (TPSA) is 152 Å². The molecule has 4 aromatic rings. The van der Waals surface area contributed by atoms with Crippen LogP contribution in [0.25, 0.3) is 21.5 Å². The van der Waals surface area contributed by atoms with Crippen LogP contribution in [-0.2, 0) is 0 Å². The van der Waals surface area contributed by atoms with Gasteiger partial charge in [-0.3, -0.25) is 24.8 Å². The second-order valence-electron chi connectivity index (χ2n) is 11.4. The van der Waals surface area contributed by atoms with Crippen LogP contribution in [0.4, 0.5) is 13.2 Å². The summed E-state index contributed by atoms with van der Waals surface area (Å²) in [4.78, 5) is 54.2. The molecule has 2 fully saturated rings. The lowest BCUT2D eigenvalue weighted by Crippen LogP contribution is -2.40. The lowest BCUT2D eigenvalue weighted by Gasteiger charge is -2.30. The van der Waals surface area contributed by atoms with Crippen molar-refractivity contribution in [2.24, 2.45) is 11.8 Å². The van der Waals surface area contributed by atoms with E-state index in [9.17, 15) is 37.5 Å². The Morgan fingerprint density at radius 3 is 1.98 bits per heavy atom. The van der Waals surface area contributed by atoms with E-state index in [0.29, 0.717) is 5.92 Å². The van der Waals surface area contributed by atoms with Crippen LogP contribution in [0.5, 0.6) is 0 Å². The van der Waals surface area contributed by atoms with Crippen LogP contribution in [-0.4, -0.2) is 46.1 Å². The smallest absolute Gasteiger partial charge is 0.391 e. The molecule has 9 nitrogen and oxygen atoms in total. The van der Waals surface area contributed by atoms with Gasteiger partial charge in [-0.25, -0.2) is 4.79 Å².